The Morgan fingerprint density at radius 2 is 0.200 bits per heavy atom. The standard InChI is InChI=1S/C74H152P/c1-5-7-9-11-13-15-17-19-21-23-25-27-29-31-33-35-37-39-41-43-45-47-49-51-53-55-57-59-61-63-65-67-69-71-73-75(3,4)74-72-70-68-66-64-62-60-58-56-54-52-50-48-46-44-42-40-38-36-34-32-30-28-26-24-22-20-18-16-14-12-10-8-6-2/h5-74H2,1-4H3/q+1. The maximum absolute atomic E-state index is 2.67. The molecular weight excluding hydrogens is 920 g/mol. The van der Waals surface area contributed by atoms with Crippen LogP contribution in [0.5, 0.6) is 0 Å². The monoisotopic (exact) mass is 1070 g/mol. The second kappa shape index (κ2) is 68.7. The zero-order chi connectivity index (χ0) is 54.0. The van der Waals surface area contributed by atoms with Gasteiger partial charge in [0.05, 0.1) is 12.3 Å². The van der Waals surface area contributed by atoms with Gasteiger partial charge in [-0.3, -0.25) is 0 Å². The Labute approximate surface area is 480 Å². The molecule has 0 radical (unpaired) electrons. The van der Waals surface area contributed by atoms with Crippen molar-refractivity contribution >= 4 is 7.26 Å². The van der Waals surface area contributed by atoms with Crippen LogP contribution >= 0.6 is 7.26 Å². The van der Waals surface area contributed by atoms with E-state index in [9.17, 15) is 0 Å². The molecule has 0 bridgehead atoms. The van der Waals surface area contributed by atoms with Crippen LogP contribution in [0, 0.1) is 0 Å². The van der Waals surface area contributed by atoms with Gasteiger partial charge in [-0.25, -0.2) is 0 Å². The first-order chi connectivity index (χ1) is 37.1. The summed E-state index contributed by atoms with van der Waals surface area (Å²) in [5.74, 6) is 0. The van der Waals surface area contributed by atoms with E-state index >= 15 is 0 Å². The third kappa shape index (κ3) is 70.5. The van der Waals surface area contributed by atoms with E-state index in [1.807, 2.05) is 0 Å². The third-order valence-electron chi connectivity index (χ3n) is 18.2. The first-order valence-electron chi connectivity index (χ1n) is 36.9. The second-order valence-electron chi connectivity index (χ2n) is 26.7. The summed E-state index contributed by atoms with van der Waals surface area (Å²) in [4.78, 5) is 0. The maximum Gasteiger partial charge on any atom is 0.0589 e. The Morgan fingerprint density at radius 3 is 0.293 bits per heavy atom. The van der Waals surface area contributed by atoms with Crippen molar-refractivity contribution < 1.29 is 0 Å². The van der Waals surface area contributed by atoms with Crippen LogP contribution < -0.4 is 0 Å². The molecule has 0 unspecified atom stereocenters. The summed E-state index contributed by atoms with van der Waals surface area (Å²) in [6.45, 7) is 9.97. The lowest BCUT2D eigenvalue weighted by molar-refractivity contribution is 0.511. The Hall–Kier alpha value is 0.430. The molecular formula is C74H152P+. The van der Waals surface area contributed by atoms with Crippen molar-refractivity contribution in [1.29, 1.82) is 0 Å². The van der Waals surface area contributed by atoms with E-state index in [1.54, 1.807) is 12.3 Å². The lowest BCUT2D eigenvalue weighted by atomic mass is 10.0. The van der Waals surface area contributed by atoms with Crippen LogP contribution in [0.2, 0.25) is 0 Å². The lowest BCUT2D eigenvalue weighted by Gasteiger charge is -2.18. The van der Waals surface area contributed by atoms with Crippen LogP contribution in [0.3, 0.4) is 0 Å². The molecule has 0 aromatic heterocycles. The fraction of sp³-hybridized carbons (Fsp3) is 1.00. The van der Waals surface area contributed by atoms with Crippen molar-refractivity contribution in [3.05, 3.63) is 0 Å². The van der Waals surface area contributed by atoms with Crippen LogP contribution in [0.1, 0.15) is 450 Å². The first kappa shape index (κ1) is 75.4. The third-order valence-corrected chi connectivity index (χ3v) is 21.3. The molecule has 0 nitrogen and oxygen atoms in total. The molecule has 0 aromatic rings. The van der Waals surface area contributed by atoms with Crippen molar-refractivity contribution in [2.45, 2.75) is 450 Å². The number of hydrogen-bond acceptors (Lipinski definition) is 0. The van der Waals surface area contributed by atoms with E-state index in [4.69, 9.17) is 0 Å². The predicted molar refractivity (Wildman–Crippen MR) is 354 cm³/mol. The highest BCUT2D eigenvalue weighted by Crippen LogP contribution is 2.52. The van der Waals surface area contributed by atoms with Crippen LogP contribution in [0.25, 0.3) is 0 Å². The van der Waals surface area contributed by atoms with Crippen molar-refractivity contribution in [2.75, 3.05) is 25.7 Å². The molecule has 452 valence electrons. The molecule has 0 saturated carbocycles. The molecule has 0 aliphatic carbocycles. The Kier molecular flexibility index (Phi) is 69.1. The SMILES string of the molecule is CCCCCCCCCCCCCCCCCCCCCCCCCCCCCCCCCCCC[P+](C)(C)CCCCCCCCCCCCCCCCCCCCCCCCCCCCCCCCCCCC. The maximum atomic E-state index is 2.67. The minimum absolute atomic E-state index is 0.651. The largest absolute Gasteiger partial charge is 0.0654 e. The van der Waals surface area contributed by atoms with Gasteiger partial charge in [-0.2, -0.15) is 0 Å². The Balaban J connectivity index is 3.21. The predicted octanol–water partition coefficient (Wildman–Crippen LogP) is 28.8. The summed E-state index contributed by atoms with van der Waals surface area (Å²) < 4.78 is 0. The minimum atomic E-state index is -0.651. The van der Waals surface area contributed by atoms with Crippen molar-refractivity contribution in [2.24, 2.45) is 0 Å². The average molecular weight is 1070 g/mol. The molecule has 0 aromatic carbocycles. The summed E-state index contributed by atoms with van der Waals surface area (Å²) in [5, 5.41) is 0. The molecule has 0 heterocycles. The minimum Gasteiger partial charge on any atom is -0.0654 e. The fourth-order valence-corrected chi connectivity index (χ4v) is 15.0. The van der Waals surface area contributed by atoms with E-state index < -0.39 is 7.26 Å². The van der Waals surface area contributed by atoms with Crippen LogP contribution in [-0.2, 0) is 0 Å². The molecule has 0 saturated heterocycles. The summed E-state index contributed by atoms with van der Waals surface area (Å²) in [5.41, 5.74) is 0. The van der Waals surface area contributed by atoms with Gasteiger partial charge in [0.25, 0.3) is 0 Å². The number of hydrogen-bond donors (Lipinski definition) is 0. The van der Waals surface area contributed by atoms with Gasteiger partial charge in [0.2, 0.25) is 0 Å². The molecule has 1 heteroatoms. The zero-order valence-corrected chi connectivity index (χ0v) is 54.8. The van der Waals surface area contributed by atoms with Gasteiger partial charge in [-0.1, -0.05) is 425 Å². The van der Waals surface area contributed by atoms with E-state index in [0.717, 1.165) is 0 Å². The van der Waals surface area contributed by atoms with Gasteiger partial charge in [-0.05, 0) is 25.7 Å². The molecule has 0 fully saturated rings. The molecule has 0 aliphatic rings. The smallest absolute Gasteiger partial charge is 0.0589 e. The Morgan fingerprint density at radius 1 is 0.120 bits per heavy atom. The van der Waals surface area contributed by atoms with Crippen LogP contribution in [-0.4, -0.2) is 25.7 Å². The van der Waals surface area contributed by atoms with E-state index in [1.165, 1.54) is 437 Å². The summed E-state index contributed by atoms with van der Waals surface area (Å²) in [6.07, 6.45) is 104. The molecule has 0 atom stereocenters. The van der Waals surface area contributed by atoms with E-state index in [-0.39, 0.29) is 0 Å². The normalized spacial score (nSPS) is 12.0. The topological polar surface area (TPSA) is 0 Å². The molecule has 75 heavy (non-hydrogen) atoms. The average Bonchev–Trinajstić information content (AvgIpc) is 3.41. The fourth-order valence-electron chi connectivity index (χ4n) is 12.7. The lowest BCUT2D eigenvalue weighted by Crippen LogP contribution is -2.01. The summed E-state index contributed by atoms with van der Waals surface area (Å²) in [7, 11) is -0.651. The number of unbranched alkanes of at least 4 members (excludes halogenated alkanes) is 66. The summed E-state index contributed by atoms with van der Waals surface area (Å²) in [6, 6.07) is 0. The first-order valence-corrected chi connectivity index (χ1v) is 40.0. The van der Waals surface area contributed by atoms with Gasteiger partial charge in [0, 0.05) is 20.6 Å². The van der Waals surface area contributed by atoms with E-state index in [0.29, 0.717) is 0 Å². The van der Waals surface area contributed by atoms with Gasteiger partial charge in [0.1, 0.15) is 0 Å². The van der Waals surface area contributed by atoms with Crippen molar-refractivity contribution in [3.63, 3.8) is 0 Å². The van der Waals surface area contributed by atoms with Crippen LogP contribution in [0.15, 0.2) is 0 Å². The molecule has 0 amide bonds. The van der Waals surface area contributed by atoms with E-state index in [2.05, 4.69) is 27.2 Å². The van der Waals surface area contributed by atoms with Crippen LogP contribution in [0.4, 0.5) is 0 Å². The van der Waals surface area contributed by atoms with Gasteiger partial charge >= 0.3 is 0 Å². The van der Waals surface area contributed by atoms with Crippen molar-refractivity contribution in [3.8, 4) is 0 Å². The highest BCUT2D eigenvalue weighted by atomic mass is 31.2. The summed E-state index contributed by atoms with van der Waals surface area (Å²) >= 11 is 0. The number of rotatable bonds is 70. The van der Waals surface area contributed by atoms with Gasteiger partial charge in [-0.15, -0.1) is 0 Å². The van der Waals surface area contributed by atoms with Gasteiger partial charge < -0.3 is 0 Å². The molecule has 0 aliphatic heterocycles. The zero-order valence-electron chi connectivity index (χ0n) is 53.9. The second-order valence-corrected chi connectivity index (χ2v) is 31.5. The molecule has 0 N–H and O–H groups in total. The quantitative estimate of drug-likeness (QED) is 0.0421. The highest BCUT2D eigenvalue weighted by molar-refractivity contribution is 7.74. The molecule has 0 spiro atoms. The Bertz CT molecular complexity index is 879. The van der Waals surface area contributed by atoms with Gasteiger partial charge in [0.15, 0.2) is 0 Å². The van der Waals surface area contributed by atoms with Crippen molar-refractivity contribution in [1.82, 2.24) is 0 Å². The highest BCUT2D eigenvalue weighted by Gasteiger charge is 2.23. The molecule has 0 rings (SSSR count).